The van der Waals surface area contributed by atoms with E-state index in [2.05, 4.69) is 9.47 Å². The number of ether oxygens (including phenoxy) is 2. The van der Waals surface area contributed by atoms with Crippen LogP contribution in [0.25, 0.3) is 0 Å². The Labute approximate surface area is 104 Å². The van der Waals surface area contributed by atoms with E-state index in [9.17, 15) is 14.4 Å². The molecule has 0 fully saturated rings. The number of esters is 2. The van der Waals surface area contributed by atoms with Crippen molar-refractivity contribution in [1.82, 2.24) is 4.57 Å². The molecule has 1 rings (SSSR count). The maximum atomic E-state index is 11.9. The van der Waals surface area contributed by atoms with Crippen LogP contribution < -0.4 is 5.43 Å². The number of rotatable bonds is 4. The Balaban J connectivity index is 3.42. The number of hydrogen-bond donors (Lipinski definition) is 0. The average Bonchev–Trinajstić information content (AvgIpc) is 2.39. The van der Waals surface area contributed by atoms with Gasteiger partial charge in [-0.15, -0.1) is 0 Å². The third kappa shape index (κ3) is 2.77. The second kappa shape index (κ2) is 6.00. The van der Waals surface area contributed by atoms with Gasteiger partial charge in [0.2, 0.25) is 5.43 Å². The maximum absolute atomic E-state index is 11.9. The van der Waals surface area contributed by atoms with E-state index in [1.54, 1.807) is 4.57 Å². The molecule has 0 bridgehead atoms. The zero-order valence-electron chi connectivity index (χ0n) is 10.6. The molecule has 0 saturated heterocycles. The molecule has 0 atom stereocenters. The molecule has 18 heavy (non-hydrogen) atoms. The van der Waals surface area contributed by atoms with Crippen LogP contribution in [-0.4, -0.2) is 30.7 Å². The Kier molecular flexibility index (Phi) is 4.65. The number of aromatic nitrogens is 1. The van der Waals surface area contributed by atoms with Crippen molar-refractivity contribution in [3.8, 4) is 0 Å². The van der Waals surface area contributed by atoms with Crippen molar-refractivity contribution in [2.75, 3.05) is 14.2 Å². The molecule has 0 aliphatic heterocycles. The van der Waals surface area contributed by atoms with Gasteiger partial charge in [-0.3, -0.25) is 4.79 Å². The van der Waals surface area contributed by atoms with Crippen molar-refractivity contribution in [2.45, 2.75) is 19.9 Å². The average molecular weight is 253 g/mol. The minimum Gasteiger partial charge on any atom is -0.465 e. The van der Waals surface area contributed by atoms with Crippen LogP contribution in [0.15, 0.2) is 17.2 Å². The number of carbonyl (C=O) groups excluding carboxylic acids is 2. The first-order valence-electron chi connectivity index (χ1n) is 5.45. The molecule has 0 aliphatic carbocycles. The van der Waals surface area contributed by atoms with E-state index in [1.165, 1.54) is 26.6 Å². The van der Waals surface area contributed by atoms with Gasteiger partial charge in [-0.05, 0) is 6.42 Å². The van der Waals surface area contributed by atoms with E-state index in [-0.39, 0.29) is 11.1 Å². The summed E-state index contributed by atoms with van der Waals surface area (Å²) in [6.07, 6.45) is 3.55. The molecule has 0 N–H and O–H groups in total. The zero-order valence-corrected chi connectivity index (χ0v) is 10.6. The van der Waals surface area contributed by atoms with Crippen LogP contribution in [0.3, 0.4) is 0 Å². The predicted molar refractivity (Wildman–Crippen MR) is 63.7 cm³/mol. The molecular formula is C12H15NO5. The SMILES string of the molecule is CCCn1cc(C(=O)OC)c(=O)c(C(=O)OC)c1. The van der Waals surface area contributed by atoms with Gasteiger partial charge >= 0.3 is 11.9 Å². The number of nitrogens with zero attached hydrogens (tertiary/aromatic N) is 1. The summed E-state index contributed by atoms with van der Waals surface area (Å²) < 4.78 is 10.6. The monoisotopic (exact) mass is 253 g/mol. The lowest BCUT2D eigenvalue weighted by Gasteiger charge is -2.09. The summed E-state index contributed by atoms with van der Waals surface area (Å²) in [5.41, 5.74) is -1.02. The van der Waals surface area contributed by atoms with Crippen LogP contribution in [0.2, 0.25) is 0 Å². The van der Waals surface area contributed by atoms with Crippen molar-refractivity contribution in [1.29, 1.82) is 0 Å². The lowest BCUT2D eigenvalue weighted by Crippen LogP contribution is -2.26. The van der Waals surface area contributed by atoms with Gasteiger partial charge in [0.1, 0.15) is 11.1 Å². The van der Waals surface area contributed by atoms with Gasteiger partial charge < -0.3 is 14.0 Å². The van der Waals surface area contributed by atoms with Crippen LogP contribution >= 0.6 is 0 Å². The first-order chi connectivity index (χ1) is 8.54. The molecular weight excluding hydrogens is 238 g/mol. The van der Waals surface area contributed by atoms with Crippen LogP contribution in [0.4, 0.5) is 0 Å². The van der Waals surface area contributed by atoms with Gasteiger partial charge in [0.25, 0.3) is 0 Å². The topological polar surface area (TPSA) is 74.6 Å². The Hall–Kier alpha value is -2.11. The highest BCUT2D eigenvalue weighted by Gasteiger charge is 2.19. The fourth-order valence-corrected chi connectivity index (χ4v) is 1.53. The highest BCUT2D eigenvalue weighted by molar-refractivity contribution is 5.94. The smallest absolute Gasteiger partial charge is 0.343 e. The van der Waals surface area contributed by atoms with Crippen molar-refractivity contribution in [2.24, 2.45) is 0 Å². The molecule has 6 nitrogen and oxygen atoms in total. The van der Waals surface area contributed by atoms with E-state index >= 15 is 0 Å². The van der Waals surface area contributed by atoms with Gasteiger partial charge in [0.15, 0.2) is 0 Å². The molecule has 0 aromatic carbocycles. The minimum absolute atomic E-state index is 0.172. The molecule has 98 valence electrons. The van der Waals surface area contributed by atoms with Gasteiger partial charge in [-0.2, -0.15) is 0 Å². The molecule has 0 saturated carbocycles. The predicted octanol–water partition coefficient (Wildman–Crippen LogP) is 0.831. The summed E-state index contributed by atoms with van der Waals surface area (Å²) in [5.74, 6) is -1.54. The lowest BCUT2D eigenvalue weighted by molar-refractivity contribution is 0.0594. The largest absolute Gasteiger partial charge is 0.465 e. The minimum atomic E-state index is -0.768. The van der Waals surface area contributed by atoms with Gasteiger partial charge in [0.05, 0.1) is 14.2 Å². The van der Waals surface area contributed by atoms with Crippen LogP contribution in [0, 0.1) is 0 Å². The number of aryl methyl sites for hydroxylation is 1. The molecule has 1 aromatic rings. The Bertz CT molecular complexity index is 477. The number of methoxy groups -OCH3 is 2. The molecule has 6 heteroatoms. The maximum Gasteiger partial charge on any atom is 0.343 e. The molecule has 0 unspecified atom stereocenters. The summed E-state index contributed by atoms with van der Waals surface area (Å²) in [6.45, 7) is 2.52. The van der Waals surface area contributed by atoms with Crippen molar-refractivity contribution in [3.05, 3.63) is 33.7 Å². The van der Waals surface area contributed by atoms with Crippen molar-refractivity contribution >= 4 is 11.9 Å². The molecule has 1 aromatic heterocycles. The molecule has 0 aliphatic rings. The van der Waals surface area contributed by atoms with E-state index in [4.69, 9.17) is 0 Å². The third-order valence-electron chi connectivity index (χ3n) is 2.37. The summed E-state index contributed by atoms with van der Waals surface area (Å²) >= 11 is 0. The van der Waals surface area contributed by atoms with E-state index in [0.29, 0.717) is 6.54 Å². The second-order valence-electron chi connectivity index (χ2n) is 3.64. The lowest BCUT2D eigenvalue weighted by atomic mass is 10.2. The Morgan fingerprint density at radius 1 is 1.11 bits per heavy atom. The number of hydrogen-bond acceptors (Lipinski definition) is 5. The summed E-state index contributed by atoms with van der Waals surface area (Å²) in [5, 5.41) is 0. The second-order valence-corrected chi connectivity index (χ2v) is 3.64. The molecule has 1 heterocycles. The van der Waals surface area contributed by atoms with Crippen molar-refractivity contribution < 1.29 is 19.1 Å². The quantitative estimate of drug-likeness (QED) is 0.743. The van der Waals surface area contributed by atoms with Gasteiger partial charge in [-0.25, -0.2) is 9.59 Å². The first-order valence-corrected chi connectivity index (χ1v) is 5.45. The summed E-state index contributed by atoms with van der Waals surface area (Å²) in [4.78, 5) is 34.8. The van der Waals surface area contributed by atoms with Crippen molar-refractivity contribution in [3.63, 3.8) is 0 Å². The standard InChI is InChI=1S/C12H15NO5/c1-4-5-13-6-8(11(15)17-2)10(14)9(7-13)12(16)18-3/h6-7H,4-5H2,1-3H3. The Morgan fingerprint density at radius 2 is 1.56 bits per heavy atom. The Morgan fingerprint density at radius 3 is 1.89 bits per heavy atom. The summed E-state index contributed by atoms with van der Waals surface area (Å²) in [6, 6.07) is 0. The fraction of sp³-hybridized carbons (Fsp3) is 0.417. The fourth-order valence-electron chi connectivity index (χ4n) is 1.53. The number of pyridine rings is 1. The molecule has 0 spiro atoms. The van der Waals surface area contributed by atoms with Crippen LogP contribution in [0.5, 0.6) is 0 Å². The number of carbonyl (C=O) groups is 2. The van der Waals surface area contributed by atoms with E-state index in [1.807, 2.05) is 6.92 Å². The van der Waals surface area contributed by atoms with E-state index in [0.717, 1.165) is 6.42 Å². The van der Waals surface area contributed by atoms with Gasteiger partial charge in [0, 0.05) is 18.9 Å². The van der Waals surface area contributed by atoms with Crippen LogP contribution in [0.1, 0.15) is 34.1 Å². The zero-order chi connectivity index (χ0) is 13.7. The van der Waals surface area contributed by atoms with Crippen LogP contribution in [-0.2, 0) is 16.0 Å². The highest BCUT2D eigenvalue weighted by Crippen LogP contribution is 2.03. The first kappa shape index (κ1) is 14.0. The molecule has 0 radical (unpaired) electrons. The molecule has 0 amide bonds. The van der Waals surface area contributed by atoms with Gasteiger partial charge in [-0.1, -0.05) is 6.92 Å². The van der Waals surface area contributed by atoms with E-state index < -0.39 is 17.4 Å². The third-order valence-corrected chi connectivity index (χ3v) is 2.37. The highest BCUT2D eigenvalue weighted by atomic mass is 16.5. The summed E-state index contributed by atoms with van der Waals surface area (Å²) in [7, 11) is 2.35. The normalized spacial score (nSPS) is 9.94.